The summed E-state index contributed by atoms with van der Waals surface area (Å²) in [7, 11) is -0.655. The molecule has 0 fully saturated rings. The van der Waals surface area contributed by atoms with E-state index in [2.05, 4.69) is 41.9 Å². The summed E-state index contributed by atoms with van der Waals surface area (Å²) in [5, 5.41) is 0. The molecule has 7 heavy (non-hydrogen) atoms. The molecule has 0 saturated carbocycles. The van der Waals surface area contributed by atoms with Gasteiger partial charge in [-0.25, -0.2) is 0 Å². The fourth-order valence-corrected chi connectivity index (χ4v) is 6.16. The molecule has 0 unspecified atom stereocenters. The van der Waals surface area contributed by atoms with E-state index >= 15 is 0 Å². The topological polar surface area (TPSA) is 0 Å². The zero-order valence-electron chi connectivity index (χ0n) is 5.32. The molecular weight excluding hydrogens is 216 g/mol. The minimum atomic E-state index is -0.655. The van der Waals surface area contributed by atoms with Crippen LogP contribution in [0.15, 0.2) is 0 Å². The summed E-state index contributed by atoms with van der Waals surface area (Å²) >= 11 is 2.20. The molecule has 0 rings (SSSR count). The summed E-state index contributed by atoms with van der Waals surface area (Å²) in [6.45, 7) is 7.24. The first-order valence-corrected chi connectivity index (χ1v) is 8.00. The van der Waals surface area contributed by atoms with Gasteiger partial charge in [-0.3, -0.25) is 0 Å². The molecule has 2 heteroatoms. The SMILES string of the molecule is C[Si](C)(C)CC[Te]. The first kappa shape index (κ1) is 8.01. The Morgan fingerprint density at radius 2 is 1.71 bits per heavy atom. The summed E-state index contributed by atoms with van der Waals surface area (Å²) in [6.07, 6.45) is 0. The molecule has 0 aliphatic carbocycles. The predicted octanol–water partition coefficient (Wildman–Crippen LogP) is 1.91. The van der Waals surface area contributed by atoms with Crippen molar-refractivity contribution in [3.05, 3.63) is 0 Å². The number of rotatable bonds is 2. The van der Waals surface area contributed by atoms with Gasteiger partial charge in [0.25, 0.3) is 0 Å². The van der Waals surface area contributed by atoms with Crippen molar-refractivity contribution in [1.29, 1.82) is 0 Å². The Morgan fingerprint density at radius 1 is 1.29 bits per heavy atom. The monoisotopic (exact) mass is 231 g/mol. The molecule has 0 aliphatic rings. The van der Waals surface area contributed by atoms with Crippen molar-refractivity contribution in [2.75, 3.05) is 0 Å². The second kappa shape index (κ2) is 3.12. The standard InChI is InChI=1S/C5H13SiTe/c1-6(2,3)4-5-7/h4-5H2,1-3H3. The van der Waals surface area contributed by atoms with E-state index in [4.69, 9.17) is 0 Å². The van der Waals surface area contributed by atoms with Crippen LogP contribution in [0.1, 0.15) is 0 Å². The Hall–Kier alpha value is 1.01. The molecule has 0 aliphatic heterocycles. The maximum atomic E-state index is 2.41. The van der Waals surface area contributed by atoms with E-state index in [1.165, 1.54) is 10.5 Å². The maximum absolute atomic E-state index is 2.41. The molecule has 0 aromatic rings. The Morgan fingerprint density at radius 3 is 1.71 bits per heavy atom. The van der Waals surface area contributed by atoms with Crippen LogP contribution in [0.5, 0.6) is 0 Å². The molecule has 1 radical (unpaired) electrons. The Balaban J connectivity index is 3.15. The van der Waals surface area contributed by atoms with Crippen LogP contribution in [-0.2, 0) is 0 Å². The quantitative estimate of drug-likeness (QED) is 0.634. The van der Waals surface area contributed by atoms with Gasteiger partial charge in [0.2, 0.25) is 0 Å². The Kier molecular flexibility index (Phi) is 3.56. The second-order valence-corrected chi connectivity index (χ2v) is 9.80. The Labute approximate surface area is 60.6 Å². The van der Waals surface area contributed by atoms with Crippen molar-refractivity contribution in [2.24, 2.45) is 0 Å². The first-order valence-electron chi connectivity index (χ1n) is 2.64. The number of hydrogen-bond donors (Lipinski definition) is 0. The summed E-state index contributed by atoms with van der Waals surface area (Å²) in [4.78, 5) is 0. The van der Waals surface area contributed by atoms with Gasteiger partial charge in [-0.1, -0.05) is 0 Å². The molecule has 0 amide bonds. The molecule has 0 aromatic carbocycles. The van der Waals surface area contributed by atoms with Crippen molar-refractivity contribution in [3.63, 3.8) is 0 Å². The summed E-state index contributed by atoms with van der Waals surface area (Å²) < 4.78 is 1.38. The zero-order chi connectivity index (χ0) is 5.91. The molecule has 0 spiro atoms. The molecule has 0 N–H and O–H groups in total. The van der Waals surface area contributed by atoms with E-state index in [-0.39, 0.29) is 0 Å². The van der Waals surface area contributed by atoms with E-state index in [1.807, 2.05) is 0 Å². The number of hydrogen-bond acceptors (Lipinski definition) is 0. The van der Waals surface area contributed by atoms with Crippen molar-refractivity contribution in [3.8, 4) is 0 Å². The van der Waals surface area contributed by atoms with E-state index in [1.54, 1.807) is 0 Å². The molecule has 0 atom stereocenters. The molecule has 0 aromatic heterocycles. The fraction of sp³-hybridized carbons (Fsp3) is 1.00. The molecule has 0 saturated heterocycles. The van der Waals surface area contributed by atoms with Crippen LogP contribution in [0, 0.1) is 0 Å². The second-order valence-electron chi connectivity index (χ2n) is 3.01. The van der Waals surface area contributed by atoms with Crippen LogP contribution in [0.4, 0.5) is 0 Å². The van der Waals surface area contributed by atoms with Gasteiger partial charge in [-0.2, -0.15) is 0 Å². The summed E-state index contributed by atoms with van der Waals surface area (Å²) in [5.74, 6) is 0. The van der Waals surface area contributed by atoms with Crippen molar-refractivity contribution in [1.82, 2.24) is 0 Å². The first-order chi connectivity index (χ1) is 3.06. The van der Waals surface area contributed by atoms with E-state index in [0.29, 0.717) is 0 Å². The van der Waals surface area contributed by atoms with E-state index in [0.717, 1.165) is 0 Å². The van der Waals surface area contributed by atoms with Gasteiger partial charge in [-0.15, -0.1) is 0 Å². The molecule has 0 heterocycles. The zero-order valence-corrected chi connectivity index (χ0v) is 8.65. The third kappa shape index (κ3) is 7.01. The van der Waals surface area contributed by atoms with E-state index in [9.17, 15) is 0 Å². The van der Waals surface area contributed by atoms with Crippen LogP contribution < -0.4 is 0 Å². The van der Waals surface area contributed by atoms with Gasteiger partial charge in [0.1, 0.15) is 0 Å². The van der Waals surface area contributed by atoms with Crippen LogP contribution in [0.25, 0.3) is 0 Å². The van der Waals surface area contributed by atoms with Crippen LogP contribution in [0.2, 0.25) is 30.2 Å². The molecular formula is C5H13SiTe. The van der Waals surface area contributed by atoms with Gasteiger partial charge in [0.05, 0.1) is 0 Å². The van der Waals surface area contributed by atoms with Gasteiger partial charge in [-0.05, 0) is 0 Å². The molecule has 0 nitrogen and oxygen atoms in total. The minimum absolute atomic E-state index is 0.655. The normalized spacial score (nSPS) is 12.0. The van der Waals surface area contributed by atoms with Crippen molar-refractivity contribution < 1.29 is 0 Å². The fourth-order valence-electron chi connectivity index (χ4n) is 0.306. The van der Waals surface area contributed by atoms with Crippen LogP contribution >= 0.6 is 0 Å². The van der Waals surface area contributed by atoms with Crippen molar-refractivity contribution in [2.45, 2.75) is 30.2 Å². The summed E-state index contributed by atoms with van der Waals surface area (Å²) in [6, 6.07) is 1.48. The molecule has 43 valence electrons. The third-order valence-electron chi connectivity index (χ3n) is 0.852. The summed E-state index contributed by atoms with van der Waals surface area (Å²) in [5.41, 5.74) is 0. The average molecular weight is 229 g/mol. The average Bonchev–Trinajstić information content (AvgIpc) is 1.30. The predicted molar refractivity (Wildman–Crippen MR) is 38.7 cm³/mol. The van der Waals surface area contributed by atoms with Crippen LogP contribution in [-0.4, -0.2) is 30.4 Å². The van der Waals surface area contributed by atoms with Crippen molar-refractivity contribution >= 4 is 30.4 Å². The third-order valence-corrected chi connectivity index (χ3v) is 4.30. The molecule has 0 bridgehead atoms. The van der Waals surface area contributed by atoms with E-state index < -0.39 is 8.07 Å². The van der Waals surface area contributed by atoms with Gasteiger partial charge < -0.3 is 0 Å². The van der Waals surface area contributed by atoms with Gasteiger partial charge in [0.15, 0.2) is 0 Å². The van der Waals surface area contributed by atoms with Crippen LogP contribution in [0.3, 0.4) is 0 Å². The Bertz CT molecular complexity index is 46.5. The van der Waals surface area contributed by atoms with Gasteiger partial charge >= 0.3 is 60.5 Å². The van der Waals surface area contributed by atoms with Gasteiger partial charge in [0, 0.05) is 0 Å².